The molecule has 1 saturated heterocycles. The number of fused-ring (bicyclic) bond motifs is 1. The lowest BCUT2D eigenvalue weighted by Crippen LogP contribution is -2.46. The molecule has 28 heavy (non-hydrogen) atoms. The van der Waals surface area contributed by atoms with Crippen molar-refractivity contribution < 1.29 is 13.2 Å². The van der Waals surface area contributed by atoms with E-state index in [1.807, 2.05) is 24.6 Å². The molecule has 1 aromatic carbocycles. The van der Waals surface area contributed by atoms with Gasteiger partial charge in [-0.15, -0.1) is 0 Å². The van der Waals surface area contributed by atoms with E-state index in [0.717, 1.165) is 23.7 Å². The van der Waals surface area contributed by atoms with Crippen molar-refractivity contribution in [1.82, 2.24) is 18.6 Å². The number of anilines is 1. The molecule has 0 atom stereocenters. The number of hydrogen-bond acceptors (Lipinski definition) is 6. The van der Waals surface area contributed by atoms with Gasteiger partial charge in [-0.05, 0) is 38.2 Å². The second kappa shape index (κ2) is 7.28. The Morgan fingerprint density at radius 3 is 2.46 bits per heavy atom. The van der Waals surface area contributed by atoms with E-state index in [4.69, 9.17) is 0 Å². The zero-order valence-corrected chi connectivity index (χ0v) is 17.3. The van der Waals surface area contributed by atoms with Gasteiger partial charge in [0.25, 0.3) is 5.91 Å². The molecule has 2 aromatic heterocycles. The molecule has 1 aliphatic rings. The van der Waals surface area contributed by atoms with Crippen LogP contribution in [0.25, 0.3) is 4.96 Å². The molecule has 3 heterocycles. The lowest BCUT2D eigenvalue weighted by atomic mass is 10.3. The zero-order chi connectivity index (χ0) is 19.9. The number of rotatable bonds is 4. The van der Waals surface area contributed by atoms with Crippen LogP contribution in [0.4, 0.5) is 5.69 Å². The first-order chi connectivity index (χ1) is 13.4. The summed E-state index contributed by atoms with van der Waals surface area (Å²) in [5, 5.41) is 2.83. The van der Waals surface area contributed by atoms with Crippen molar-refractivity contribution in [2.75, 3.05) is 38.5 Å². The SMILES string of the molecule is Cc1c(C(=O)Nc2ccc(S(=O)(=O)N3CCN(C)CC3)cc2)sc2nccn12. The lowest BCUT2D eigenvalue weighted by molar-refractivity contribution is 0.102. The molecule has 10 heteroatoms. The minimum absolute atomic E-state index is 0.234. The van der Waals surface area contributed by atoms with Gasteiger partial charge >= 0.3 is 0 Å². The van der Waals surface area contributed by atoms with Crippen LogP contribution in [0.2, 0.25) is 0 Å². The molecule has 1 amide bonds. The Hall–Kier alpha value is -2.27. The molecule has 3 aromatic rings. The molecule has 0 saturated carbocycles. The minimum atomic E-state index is -3.51. The first kappa shape index (κ1) is 19.1. The summed E-state index contributed by atoms with van der Waals surface area (Å²) in [6.45, 7) is 4.27. The smallest absolute Gasteiger partial charge is 0.267 e. The van der Waals surface area contributed by atoms with Crippen molar-refractivity contribution in [2.24, 2.45) is 0 Å². The third kappa shape index (κ3) is 3.44. The number of sulfonamides is 1. The molecule has 1 aliphatic heterocycles. The van der Waals surface area contributed by atoms with Crippen LogP contribution < -0.4 is 5.32 Å². The van der Waals surface area contributed by atoms with Crippen LogP contribution in [-0.2, 0) is 10.0 Å². The van der Waals surface area contributed by atoms with E-state index in [-0.39, 0.29) is 10.8 Å². The number of amides is 1. The number of likely N-dealkylation sites (N-methyl/N-ethyl adjacent to an activating group) is 1. The van der Waals surface area contributed by atoms with Crippen LogP contribution in [0.15, 0.2) is 41.6 Å². The number of benzene rings is 1. The Morgan fingerprint density at radius 1 is 1.14 bits per heavy atom. The molecular formula is C18H21N5O3S2. The Bertz CT molecular complexity index is 1110. The molecule has 0 radical (unpaired) electrons. The van der Waals surface area contributed by atoms with Gasteiger partial charge in [0.2, 0.25) is 10.0 Å². The van der Waals surface area contributed by atoms with E-state index in [2.05, 4.69) is 15.2 Å². The van der Waals surface area contributed by atoms with Gasteiger partial charge in [0.05, 0.1) is 4.90 Å². The van der Waals surface area contributed by atoms with Gasteiger partial charge in [-0.1, -0.05) is 11.3 Å². The first-order valence-corrected chi connectivity index (χ1v) is 11.1. The van der Waals surface area contributed by atoms with E-state index in [1.54, 1.807) is 18.3 Å². The maximum absolute atomic E-state index is 12.8. The normalized spacial score (nSPS) is 16.5. The highest BCUT2D eigenvalue weighted by atomic mass is 32.2. The fraction of sp³-hybridized carbons (Fsp3) is 0.333. The van der Waals surface area contributed by atoms with Crippen molar-refractivity contribution in [3.63, 3.8) is 0 Å². The van der Waals surface area contributed by atoms with Crippen LogP contribution in [0, 0.1) is 6.92 Å². The molecule has 4 rings (SSSR count). The monoisotopic (exact) mass is 419 g/mol. The third-order valence-electron chi connectivity index (χ3n) is 4.91. The topological polar surface area (TPSA) is 87.0 Å². The number of aromatic nitrogens is 2. The summed E-state index contributed by atoms with van der Waals surface area (Å²) in [6, 6.07) is 6.32. The third-order valence-corrected chi connectivity index (χ3v) is 7.99. The zero-order valence-electron chi connectivity index (χ0n) is 15.6. The number of nitrogens with one attached hydrogen (secondary N) is 1. The number of carbonyl (C=O) groups excluding carboxylic acids is 1. The summed E-state index contributed by atoms with van der Waals surface area (Å²) in [7, 11) is -1.53. The molecule has 0 spiro atoms. The predicted molar refractivity (Wildman–Crippen MR) is 108 cm³/mol. The van der Waals surface area contributed by atoms with Crippen LogP contribution in [0.1, 0.15) is 15.4 Å². The van der Waals surface area contributed by atoms with Gasteiger partial charge in [0, 0.05) is 50.0 Å². The fourth-order valence-electron chi connectivity index (χ4n) is 3.18. The van der Waals surface area contributed by atoms with E-state index in [1.165, 1.54) is 27.8 Å². The van der Waals surface area contributed by atoms with Crippen LogP contribution in [-0.4, -0.2) is 66.1 Å². The number of carbonyl (C=O) groups is 1. The summed E-state index contributed by atoms with van der Waals surface area (Å²) in [5.74, 6) is -0.234. The number of imidazole rings is 1. The molecule has 0 unspecified atom stereocenters. The van der Waals surface area contributed by atoms with E-state index in [0.29, 0.717) is 23.7 Å². The fourth-order valence-corrected chi connectivity index (χ4v) is 5.59. The quantitative estimate of drug-likeness (QED) is 0.698. The van der Waals surface area contributed by atoms with Gasteiger partial charge in [0.1, 0.15) is 4.88 Å². The largest absolute Gasteiger partial charge is 0.321 e. The Kier molecular flexibility index (Phi) is 4.96. The number of hydrogen-bond donors (Lipinski definition) is 1. The van der Waals surface area contributed by atoms with Crippen molar-refractivity contribution >= 4 is 37.9 Å². The second-order valence-electron chi connectivity index (χ2n) is 6.78. The summed E-state index contributed by atoms with van der Waals surface area (Å²) in [5.41, 5.74) is 1.37. The highest BCUT2D eigenvalue weighted by molar-refractivity contribution is 7.89. The van der Waals surface area contributed by atoms with Gasteiger partial charge in [-0.3, -0.25) is 9.20 Å². The Labute approximate surface area is 167 Å². The van der Waals surface area contributed by atoms with Gasteiger partial charge in [0.15, 0.2) is 4.96 Å². The van der Waals surface area contributed by atoms with E-state index in [9.17, 15) is 13.2 Å². The van der Waals surface area contributed by atoms with E-state index < -0.39 is 10.0 Å². The summed E-state index contributed by atoms with van der Waals surface area (Å²) in [6.07, 6.45) is 3.51. The highest BCUT2D eigenvalue weighted by Gasteiger charge is 2.27. The second-order valence-corrected chi connectivity index (χ2v) is 9.70. The number of nitrogens with zero attached hydrogens (tertiary/aromatic N) is 4. The summed E-state index contributed by atoms with van der Waals surface area (Å²) >= 11 is 1.32. The average molecular weight is 420 g/mol. The van der Waals surface area contributed by atoms with Crippen molar-refractivity contribution in [2.45, 2.75) is 11.8 Å². The maximum Gasteiger partial charge on any atom is 0.267 e. The van der Waals surface area contributed by atoms with Crippen LogP contribution >= 0.6 is 11.3 Å². The molecule has 8 nitrogen and oxygen atoms in total. The number of piperazine rings is 1. The van der Waals surface area contributed by atoms with Crippen LogP contribution in [0.5, 0.6) is 0 Å². The molecule has 0 bridgehead atoms. The highest BCUT2D eigenvalue weighted by Crippen LogP contribution is 2.24. The molecule has 0 aliphatic carbocycles. The van der Waals surface area contributed by atoms with Crippen molar-refractivity contribution in [1.29, 1.82) is 0 Å². The Balaban J connectivity index is 1.49. The molecule has 148 valence electrons. The Morgan fingerprint density at radius 2 is 1.82 bits per heavy atom. The molecule has 1 N–H and O–H groups in total. The first-order valence-electron chi connectivity index (χ1n) is 8.89. The average Bonchev–Trinajstić information content (AvgIpc) is 3.26. The maximum atomic E-state index is 12.8. The van der Waals surface area contributed by atoms with Crippen LogP contribution in [0.3, 0.4) is 0 Å². The molecule has 1 fully saturated rings. The van der Waals surface area contributed by atoms with Crippen molar-refractivity contribution in [3.05, 3.63) is 47.2 Å². The lowest BCUT2D eigenvalue weighted by Gasteiger charge is -2.31. The van der Waals surface area contributed by atoms with E-state index >= 15 is 0 Å². The standard InChI is InChI=1S/C18H21N5O3S2/c1-13-16(27-18-19-7-8-23(13)18)17(24)20-14-3-5-15(6-4-14)28(25,26)22-11-9-21(2)10-12-22/h3-8H,9-12H2,1-2H3,(H,20,24). The van der Waals surface area contributed by atoms with Gasteiger partial charge < -0.3 is 10.2 Å². The predicted octanol–water partition coefficient (Wildman–Crippen LogP) is 1.89. The van der Waals surface area contributed by atoms with Gasteiger partial charge in [-0.2, -0.15) is 4.31 Å². The van der Waals surface area contributed by atoms with Crippen molar-refractivity contribution in [3.8, 4) is 0 Å². The number of thiazole rings is 1. The molecular weight excluding hydrogens is 398 g/mol. The summed E-state index contributed by atoms with van der Waals surface area (Å²) in [4.78, 5) is 20.5. The number of aryl methyl sites for hydroxylation is 1. The summed E-state index contributed by atoms with van der Waals surface area (Å²) < 4.78 is 28.9. The minimum Gasteiger partial charge on any atom is -0.321 e. The van der Waals surface area contributed by atoms with Gasteiger partial charge in [-0.25, -0.2) is 13.4 Å².